The first-order chi connectivity index (χ1) is 15.0. The van der Waals surface area contributed by atoms with Gasteiger partial charge >= 0.3 is 6.36 Å². The minimum Gasteiger partial charge on any atom is -0.406 e. The van der Waals surface area contributed by atoms with Gasteiger partial charge in [-0.3, -0.25) is 0 Å². The number of halogens is 4. The Morgan fingerprint density at radius 3 is 2.38 bits per heavy atom. The average molecular weight is 509 g/mol. The second-order valence-electron chi connectivity index (χ2n) is 7.53. The zero-order valence-electron chi connectivity index (χ0n) is 18.1. The molecule has 0 aliphatic carbocycles. The van der Waals surface area contributed by atoms with Gasteiger partial charge in [-0.1, -0.05) is 35.0 Å². The van der Waals surface area contributed by atoms with Crippen molar-refractivity contribution >= 4 is 33.4 Å². The lowest BCUT2D eigenvalue weighted by molar-refractivity contribution is -0.274. The van der Waals surface area contributed by atoms with Crippen LogP contribution in [0.1, 0.15) is 31.4 Å². The van der Waals surface area contributed by atoms with Gasteiger partial charge in [0.15, 0.2) is 0 Å². The Kier molecular flexibility index (Phi) is 7.28. The van der Waals surface area contributed by atoms with Crippen molar-refractivity contribution in [3.8, 4) is 17.0 Å². The smallest absolute Gasteiger partial charge is 0.406 e. The van der Waals surface area contributed by atoms with Crippen molar-refractivity contribution in [1.29, 1.82) is 0 Å². The molecule has 0 saturated carbocycles. The third kappa shape index (κ3) is 6.35. The van der Waals surface area contributed by atoms with E-state index in [1.54, 1.807) is 12.1 Å². The molecular weight excluding hydrogens is 485 g/mol. The molecule has 0 spiro atoms. The highest BCUT2D eigenvalue weighted by atomic mass is 79.9. The first kappa shape index (κ1) is 23.8. The fraction of sp³-hybridized carbons (Fsp3) is 0.304. The highest BCUT2D eigenvalue weighted by Gasteiger charge is 2.31. The summed E-state index contributed by atoms with van der Waals surface area (Å²) in [5, 5.41) is 6.58. The van der Waals surface area contributed by atoms with E-state index in [1.807, 2.05) is 39.8 Å². The number of benzene rings is 2. The summed E-state index contributed by atoms with van der Waals surface area (Å²) in [5.74, 6) is 0.601. The third-order valence-corrected chi connectivity index (χ3v) is 5.29. The Labute approximate surface area is 193 Å². The maximum Gasteiger partial charge on any atom is 0.573 e. The number of rotatable bonds is 7. The Hall–Kier alpha value is -2.81. The maximum atomic E-state index is 12.7. The zero-order valence-corrected chi connectivity index (χ0v) is 19.7. The molecule has 0 unspecified atom stereocenters. The summed E-state index contributed by atoms with van der Waals surface area (Å²) in [6.45, 7) is 8.01. The molecule has 2 N–H and O–H groups in total. The summed E-state index contributed by atoms with van der Waals surface area (Å²) in [6, 6.07) is 11.5. The van der Waals surface area contributed by atoms with Gasteiger partial charge in [0.05, 0.1) is 5.69 Å². The van der Waals surface area contributed by atoms with Crippen LogP contribution in [0.15, 0.2) is 46.9 Å². The van der Waals surface area contributed by atoms with E-state index in [4.69, 9.17) is 0 Å². The van der Waals surface area contributed by atoms with E-state index in [0.717, 1.165) is 27.7 Å². The molecule has 0 bridgehead atoms. The largest absolute Gasteiger partial charge is 0.573 e. The number of hydrogen-bond donors (Lipinski definition) is 2. The molecule has 170 valence electrons. The quantitative estimate of drug-likeness (QED) is 0.348. The van der Waals surface area contributed by atoms with Crippen LogP contribution in [0, 0.1) is 13.8 Å². The predicted octanol–water partition coefficient (Wildman–Crippen LogP) is 7.38. The lowest BCUT2D eigenvalue weighted by Crippen LogP contribution is -2.17. The van der Waals surface area contributed by atoms with Crippen LogP contribution < -0.4 is 15.4 Å². The number of nitrogens with one attached hydrogen (secondary N) is 2. The molecule has 3 aromatic rings. The molecule has 0 fully saturated rings. The van der Waals surface area contributed by atoms with Gasteiger partial charge in [-0.25, -0.2) is 4.98 Å². The van der Waals surface area contributed by atoms with E-state index in [-0.39, 0.29) is 11.8 Å². The molecule has 5 nitrogen and oxygen atoms in total. The molecule has 32 heavy (non-hydrogen) atoms. The Bertz CT molecular complexity index is 1080. The van der Waals surface area contributed by atoms with Gasteiger partial charge in [0, 0.05) is 27.8 Å². The van der Waals surface area contributed by atoms with Gasteiger partial charge in [-0.2, -0.15) is 4.98 Å². The fourth-order valence-corrected chi connectivity index (χ4v) is 3.82. The molecule has 9 heteroatoms. The average Bonchev–Trinajstić information content (AvgIpc) is 2.69. The third-order valence-electron chi connectivity index (χ3n) is 4.83. The first-order valence-electron chi connectivity index (χ1n) is 10.1. The predicted molar refractivity (Wildman–Crippen MR) is 124 cm³/mol. The van der Waals surface area contributed by atoms with Crippen molar-refractivity contribution in [3.05, 3.63) is 58.1 Å². The minimum atomic E-state index is -4.77. The molecule has 0 saturated heterocycles. The van der Waals surface area contributed by atoms with Crippen molar-refractivity contribution in [2.75, 3.05) is 10.6 Å². The van der Waals surface area contributed by atoms with E-state index >= 15 is 0 Å². The summed E-state index contributed by atoms with van der Waals surface area (Å²) in [7, 11) is 0. The fourth-order valence-electron chi connectivity index (χ4n) is 3.13. The van der Waals surface area contributed by atoms with Crippen molar-refractivity contribution in [2.24, 2.45) is 0 Å². The Balaban J connectivity index is 2.03. The van der Waals surface area contributed by atoms with E-state index in [2.05, 4.69) is 41.3 Å². The normalized spacial score (nSPS) is 12.4. The Morgan fingerprint density at radius 1 is 1.06 bits per heavy atom. The van der Waals surface area contributed by atoms with Gasteiger partial charge in [-0.05, 0) is 62.6 Å². The molecule has 0 radical (unpaired) electrons. The molecule has 1 atom stereocenters. The van der Waals surface area contributed by atoms with Gasteiger partial charge < -0.3 is 15.4 Å². The van der Waals surface area contributed by atoms with Crippen LogP contribution in [-0.2, 0) is 0 Å². The van der Waals surface area contributed by atoms with E-state index in [9.17, 15) is 13.2 Å². The van der Waals surface area contributed by atoms with Crippen molar-refractivity contribution < 1.29 is 17.9 Å². The summed E-state index contributed by atoms with van der Waals surface area (Å²) >= 11 is 3.49. The van der Waals surface area contributed by atoms with Crippen molar-refractivity contribution in [2.45, 2.75) is 46.5 Å². The van der Waals surface area contributed by atoms with Crippen LogP contribution in [-0.4, -0.2) is 22.4 Å². The van der Waals surface area contributed by atoms with E-state index in [0.29, 0.717) is 23.0 Å². The number of hydrogen-bond acceptors (Lipinski definition) is 5. The SMILES string of the molecule is CC[C@H](C)Nc1nc(Nc2c(C)cc(Br)cc2C)cc(-c2cccc(OC(F)(F)F)c2)n1. The molecule has 1 aromatic heterocycles. The van der Waals surface area contributed by atoms with Crippen LogP contribution in [0.5, 0.6) is 5.75 Å². The number of anilines is 3. The molecule has 0 aliphatic rings. The topological polar surface area (TPSA) is 59.1 Å². The number of aromatic nitrogens is 2. The van der Waals surface area contributed by atoms with Crippen LogP contribution in [0.2, 0.25) is 0 Å². The summed E-state index contributed by atoms with van der Waals surface area (Å²) in [4.78, 5) is 9.10. The summed E-state index contributed by atoms with van der Waals surface area (Å²) in [5.41, 5.74) is 3.89. The van der Waals surface area contributed by atoms with Gasteiger partial charge in [0.2, 0.25) is 5.95 Å². The number of alkyl halides is 3. The first-order valence-corrected chi connectivity index (χ1v) is 10.9. The van der Waals surface area contributed by atoms with Crippen LogP contribution in [0.25, 0.3) is 11.3 Å². The second kappa shape index (κ2) is 9.77. The summed E-state index contributed by atoms with van der Waals surface area (Å²) < 4.78 is 43.0. The van der Waals surface area contributed by atoms with Crippen LogP contribution in [0.4, 0.5) is 30.6 Å². The minimum absolute atomic E-state index is 0.120. The maximum absolute atomic E-state index is 12.7. The molecule has 3 rings (SSSR count). The summed E-state index contributed by atoms with van der Waals surface area (Å²) in [6.07, 6.45) is -3.91. The molecular formula is C23H24BrF3N4O. The van der Waals surface area contributed by atoms with Crippen molar-refractivity contribution in [3.63, 3.8) is 0 Å². The molecule has 1 heterocycles. The molecule has 0 amide bonds. The number of ether oxygens (including phenoxy) is 1. The Morgan fingerprint density at radius 2 is 1.75 bits per heavy atom. The highest BCUT2D eigenvalue weighted by Crippen LogP contribution is 2.31. The number of nitrogens with zero attached hydrogens (tertiary/aromatic N) is 2. The molecule has 2 aromatic carbocycles. The second-order valence-corrected chi connectivity index (χ2v) is 8.45. The van der Waals surface area contributed by atoms with E-state index < -0.39 is 6.36 Å². The zero-order chi connectivity index (χ0) is 23.5. The van der Waals surface area contributed by atoms with Gasteiger partial charge in [-0.15, -0.1) is 13.2 Å². The highest BCUT2D eigenvalue weighted by molar-refractivity contribution is 9.10. The monoisotopic (exact) mass is 508 g/mol. The van der Waals surface area contributed by atoms with Gasteiger partial charge in [0.25, 0.3) is 0 Å². The van der Waals surface area contributed by atoms with E-state index in [1.165, 1.54) is 18.2 Å². The number of aryl methyl sites for hydroxylation is 2. The van der Waals surface area contributed by atoms with Crippen LogP contribution >= 0.6 is 15.9 Å². The lowest BCUT2D eigenvalue weighted by Gasteiger charge is -2.17. The van der Waals surface area contributed by atoms with Crippen molar-refractivity contribution in [1.82, 2.24) is 9.97 Å². The van der Waals surface area contributed by atoms with Crippen LogP contribution in [0.3, 0.4) is 0 Å². The van der Waals surface area contributed by atoms with Gasteiger partial charge in [0.1, 0.15) is 11.6 Å². The molecule has 0 aliphatic heterocycles. The standard InChI is InChI=1S/C23H24BrF3N4O/c1-5-15(4)28-22-29-19(16-7-6-8-18(11-16)32-23(25,26)27)12-20(31-22)30-21-13(2)9-17(24)10-14(21)3/h6-12,15H,5H2,1-4H3,(H2,28,29,30,31)/t15-/m0/s1. The lowest BCUT2D eigenvalue weighted by atomic mass is 10.1.